The maximum absolute atomic E-state index is 13.6. The number of alkyl carbamates (subject to hydrolysis) is 1. The molecule has 9 nitrogen and oxygen atoms in total. The van der Waals surface area contributed by atoms with Gasteiger partial charge in [-0.1, -0.05) is 67.7 Å². The molecule has 3 aromatic rings. The molecule has 2 atom stereocenters. The number of para-hydroxylation sites is 1. The first-order valence-corrected chi connectivity index (χ1v) is 14.6. The first-order valence-electron chi connectivity index (χ1n) is 14.2. The maximum atomic E-state index is 13.6. The number of nitrogens with one attached hydrogen (secondary N) is 5. The minimum absolute atomic E-state index is 0.0827. The van der Waals surface area contributed by atoms with Crippen molar-refractivity contribution in [2.45, 2.75) is 77.6 Å². The van der Waals surface area contributed by atoms with Gasteiger partial charge in [-0.3, -0.25) is 9.59 Å². The second-order valence-electron chi connectivity index (χ2n) is 10.2. The number of thiocarbonyl (C=S) groups is 1. The largest absolute Gasteiger partial charge is 0.445 e. The van der Waals surface area contributed by atoms with E-state index in [1.807, 2.05) is 81.6 Å². The number of fused-ring (bicyclic) bond motifs is 1. The van der Waals surface area contributed by atoms with Gasteiger partial charge in [0.2, 0.25) is 11.8 Å². The summed E-state index contributed by atoms with van der Waals surface area (Å²) >= 11 is 5.21. The average molecular weight is 580 g/mol. The topological polar surface area (TPSA) is 124 Å². The van der Waals surface area contributed by atoms with Crippen LogP contribution in [0.4, 0.5) is 4.79 Å². The smallest absolute Gasteiger partial charge is 0.408 e. The van der Waals surface area contributed by atoms with Gasteiger partial charge in [0.1, 0.15) is 18.7 Å². The standard InChI is InChI=1S/C31H41N5O4S/c1-4-28(41)32-17-11-10-16-26(36-31(39)40-20-22-12-6-5-7-13-22)29(37)35-27(30(38)34-21(2)3)18-23-19-33-25-15-9-8-14-24(23)25/h5-9,12-15,19,21,26-27,33H,4,10-11,16-18,20H2,1-3H3,(H,32,41)(H,34,38)(H,35,37)(H,36,39)/t26-,27-/m0/s1. The Balaban J connectivity index is 1.70. The molecule has 0 bridgehead atoms. The first-order chi connectivity index (χ1) is 19.8. The van der Waals surface area contributed by atoms with Crippen molar-refractivity contribution >= 4 is 46.0 Å². The molecule has 10 heteroatoms. The summed E-state index contributed by atoms with van der Waals surface area (Å²) in [6, 6.07) is 15.3. The Bertz CT molecular complexity index is 1290. The van der Waals surface area contributed by atoms with Crippen LogP contribution in [0.3, 0.4) is 0 Å². The lowest BCUT2D eigenvalue weighted by atomic mass is 10.0. The van der Waals surface area contributed by atoms with E-state index < -0.39 is 24.1 Å². The molecule has 0 saturated carbocycles. The van der Waals surface area contributed by atoms with Gasteiger partial charge in [0.05, 0.1) is 4.99 Å². The molecule has 0 aliphatic heterocycles. The molecule has 0 fully saturated rings. The summed E-state index contributed by atoms with van der Waals surface area (Å²) in [5.41, 5.74) is 2.70. The molecule has 0 radical (unpaired) electrons. The summed E-state index contributed by atoms with van der Waals surface area (Å²) in [5.74, 6) is -0.733. The number of carbonyl (C=O) groups is 3. The molecule has 0 saturated heterocycles. The fourth-order valence-corrected chi connectivity index (χ4v) is 4.49. The van der Waals surface area contributed by atoms with Gasteiger partial charge in [-0.25, -0.2) is 4.79 Å². The lowest BCUT2D eigenvalue weighted by Gasteiger charge is -2.24. The van der Waals surface area contributed by atoms with Gasteiger partial charge in [0, 0.05) is 36.1 Å². The van der Waals surface area contributed by atoms with Gasteiger partial charge >= 0.3 is 6.09 Å². The van der Waals surface area contributed by atoms with Crippen LogP contribution in [0.1, 0.15) is 57.6 Å². The number of hydrogen-bond donors (Lipinski definition) is 5. The third kappa shape index (κ3) is 10.5. The van der Waals surface area contributed by atoms with Gasteiger partial charge < -0.3 is 31.0 Å². The fraction of sp³-hybridized carbons (Fsp3) is 0.419. The Hall–Kier alpha value is -3.92. The molecule has 41 heavy (non-hydrogen) atoms. The van der Waals surface area contributed by atoms with Crippen LogP contribution in [0, 0.1) is 0 Å². The van der Waals surface area contributed by atoms with Gasteiger partial charge in [0.15, 0.2) is 0 Å². The van der Waals surface area contributed by atoms with Crippen LogP contribution in [-0.2, 0) is 27.4 Å². The molecule has 220 valence electrons. The third-order valence-electron chi connectivity index (χ3n) is 6.55. The number of hydrogen-bond acceptors (Lipinski definition) is 5. The molecule has 0 spiro atoms. The maximum Gasteiger partial charge on any atom is 0.408 e. The summed E-state index contributed by atoms with van der Waals surface area (Å²) in [7, 11) is 0. The van der Waals surface area contributed by atoms with Gasteiger partial charge in [0.25, 0.3) is 0 Å². The minimum Gasteiger partial charge on any atom is -0.445 e. The number of unbranched alkanes of at least 4 members (excludes halogenated alkanes) is 1. The number of rotatable bonds is 15. The highest BCUT2D eigenvalue weighted by molar-refractivity contribution is 7.80. The van der Waals surface area contributed by atoms with E-state index >= 15 is 0 Å². The van der Waals surface area contributed by atoms with Crippen LogP contribution in [-0.4, -0.2) is 52.6 Å². The molecule has 3 rings (SSSR count). The highest BCUT2D eigenvalue weighted by atomic mass is 32.1. The van der Waals surface area contributed by atoms with Crippen molar-refractivity contribution in [3.05, 3.63) is 71.9 Å². The quantitative estimate of drug-likeness (QED) is 0.133. The minimum atomic E-state index is -0.881. The number of benzene rings is 2. The van der Waals surface area contributed by atoms with E-state index in [0.29, 0.717) is 19.4 Å². The lowest BCUT2D eigenvalue weighted by Crippen LogP contribution is -2.55. The Labute approximate surface area is 247 Å². The third-order valence-corrected chi connectivity index (χ3v) is 6.98. The van der Waals surface area contributed by atoms with E-state index in [-0.39, 0.29) is 25.0 Å². The van der Waals surface area contributed by atoms with Crippen molar-refractivity contribution in [1.29, 1.82) is 0 Å². The van der Waals surface area contributed by atoms with E-state index in [1.54, 1.807) is 0 Å². The molecule has 1 heterocycles. The second kappa shape index (κ2) is 16.4. The summed E-state index contributed by atoms with van der Waals surface area (Å²) in [6.45, 7) is 6.49. The molecule has 1 aromatic heterocycles. The first kappa shape index (κ1) is 31.6. The van der Waals surface area contributed by atoms with Crippen LogP contribution in [0.5, 0.6) is 0 Å². The average Bonchev–Trinajstić information content (AvgIpc) is 3.37. The van der Waals surface area contributed by atoms with Crippen molar-refractivity contribution in [2.75, 3.05) is 6.54 Å². The second-order valence-corrected chi connectivity index (χ2v) is 10.7. The predicted octanol–water partition coefficient (Wildman–Crippen LogP) is 4.51. The molecule has 0 unspecified atom stereocenters. The van der Waals surface area contributed by atoms with Gasteiger partial charge in [-0.2, -0.15) is 0 Å². The Kier molecular flexibility index (Phi) is 12.6. The zero-order chi connectivity index (χ0) is 29.6. The van der Waals surface area contributed by atoms with Crippen molar-refractivity contribution in [1.82, 2.24) is 26.3 Å². The van der Waals surface area contributed by atoms with E-state index in [9.17, 15) is 14.4 Å². The van der Waals surface area contributed by atoms with Crippen LogP contribution >= 0.6 is 12.2 Å². The lowest BCUT2D eigenvalue weighted by molar-refractivity contribution is -0.130. The van der Waals surface area contributed by atoms with Crippen molar-refractivity contribution in [3.8, 4) is 0 Å². The molecular formula is C31H41N5O4S. The number of ether oxygens (including phenoxy) is 1. The van der Waals surface area contributed by atoms with E-state index in [0.717, 1.165) is 39.9 Å². The number of H-pyrrole nitrogens is 1. The molecule has 0 aliphatic carbocycles. The van der Waals surface area contributed by atoms with Crippen molar-refractivity contribution in [2.24, 2.45) is 0 Å². The number of aromatic amines is 1. The molecule has 5 N–H and O–H groups in total. The van der Waals surface area contributed by atoms with E-state index in [2.05, 4.69) is 26.3 Å². The summed E-state index contributed by atoms with van der Waals surface area (Å²) in [4.78, 5) is 43.4. The van der Waals surface area contributed by atoms with Crippen LogP contribution in [0.15, 0.2) is 60.8 Å². The number of amides is 3. The molecule has 3 amide bonds. The zero-order valence-corrected chi connectivity index (χ0v) is 24.8. The molecule has 0 aliphatic rings. The molecular weight excluding hydrogens is 538 g/mol. The Morgan fingerprint density at radius 2 is 1.61 bits per heavy atom. The zero-order valence-electron chi connectivity index (χ0n) is 24.0. The van der Waals surface area contributed by atoms with E-state index in [1.165, 1.54) is 0 Å². The van der Waals surface area contributed by atoms with Crippen molar-refractivity contribution in [3.63, 3.8) is 0 Å². The van der Waals surface area contributed by atoms with Crippen LogP contribution < -0.4 is 21.3 Å². The highest BCUT2D eigenvalue weighted by Crippen LogP contribution is 2.19. The number of carbonyl (C=O) groups excluding carboxylic acids is 3. The highest BCUT2D eigenvalue weighted by Gasteiger charge is 2.28. The SMILES string of the molecule is CCC(=S)NCCCC[C@H](NC(=O)OCc1ccccc1)C(=O)N[C@@H](Cc1c[nH]c2ccccc12)C(=O)NC(C)C. The summed E-state index contributed by atoms with van der Waals surface area (Å²) in [6.07, 6.45) is 4.01. The Morgan fingerprint density at radius 3 is 2.34 bits per heavy atom. The van der Waals surface area contributed by atoms with E-state index in [4.69, 9.17) is 17.0 Å². The molecule has 2 aromatic carbocycles. The van der Waals surface area contributed by atoms with Gasteiger partial charge in [-0.05, 0) is 56.7 Å². The van der Waals surface area contributed by atoms with Crippen molar-refractivity contribution < 1.29 is 19.1 Å². The summed E-state index contributed by atoms with van der Waals surface area (Å²) in [5, 5.41) is 12.7. The van der Waals surface area contributed by atoms with Crippen LogP contribution in [0.25, 0.3) is 10.9 Å². The predicted molar refractivity (Wildman–Crippen MR) is 166 cm³/mol. The Morgan fingerprint density at radius 1 is 0.902 bits per heavy atom. The monoisotopic (exact) mass is 579 g/mol. The van der Waals surface area contributed by atoms with Gasteiger partial charge in [-0.15, -0.1) is 0 Å². The number of aromatic nitrogens is 1. The summed E-state index contributed by atoms with van der Waals surface area (Å²) < 4.78 is 5.38. The van der Waals surface area contributed by atoms with Crippen LogP contribution in [0.2, 0.25) is 0 Å². The normalized spacial score (nSPS) is 12.4. The fourth-order valence-electron chi connectivity index (χ4n) is 4.39.